The van der Waals surface area contributed by atoms with Gasteiger partial charge in [-0.25, -0.2) is 0 Å². The van der Waals surface area contributed by atoms with E-state index in [0.29, 0.717) is 0 Å². The molecular weight excluding hydrogens is 725 g/mol. The van der Waals surface area contributed by atoms with E-state index in [1.54, 1.807) is 0 Å². The standard InChI is InChI=1S/C58H50N2/c1-56(2,3)52-50-43-25-14-17-27-46(43)57(4,5)53(50)55(54-51(52)44-26-15-18-28-47(44)58(54,6)7)59(40-32-30-38(31-33-40)37-20-10-8-11-21-37)41-34-35-49-45(36-41)42-24-16-19-29-48(42)60(49)39-22-12-9-13-23-39/h8-36H,1-7H3. The molecule has 0 amide bonds. The van der Waals surface area contributed by atoms with E-state index in [1.165, 1.54) is 88.7 Å². The van der Waals surface area contributed by atoms with Crippen LogP contribution < -0.4 is 4.90 Å². The summed E-state index contributed by atoms with van der Waals surface area (Å²) in [6.07, 6.45) is 0. The molecule has 60 heavy (non-hydrogen) atoms. The molecule has 2 nitrogen and oxygen atoms in total. The van der Waals surface area contributed by atoms with Gasteiger partial charge in [-0.2, -0.15) is 0 Å². The average molecular weight is 775 g/mol. The van der Waals surface area contributed by atoms with Crippen molar-refractivity contribution < 1.29 is 0 Å². The molecule has 2 heteroatoms. The van der Waals surface area contributed by atoms with Gasteiger partial charge in [0.1, 0.15) is 0 Å². The number of fused-ring (bicyclic) bond motifs is 9. The van der Waals surface area contributed by atoms with Gasteiger partial charge in [0.15, 0.2) is 0 Å². The van der Waals surface area contributed by atoms with Gasteiger partial charge in [0, 0.05) is 38.7 Å². The summed E-state index contributed by atoms with van der Waals surface area (Å²) in [7, 11) is 0. The summed E-state index contributed by atoms with van der Waals surface area (Å²) in [5, 5.41) is 2.49. The van der Waals surface area contributed by atoms with Gasteiger partial charge in [-0.15, -0.1) is 0 Å². The van der Waals surface area contributed by atoms with Crippen molar-refractivity contribution in [2.75, 3.05) is 4.90 Å². The van der Waals surface area contributed by atoms with Crippen LogP contribution >= 0.6 is 0 Å². The fourth-order valence-corrected chi connectivity index (χ4v) is 11.0. The lowest BCUT2D eigenvalue weighted by atomic mass is 9.71. The molecule has 9 aromatic rings. The van der Waals surface area contributed by atoms with Crippen LogP contribution in [0.15, 0.2) is 176 Å². The van der Waals surface area contributed by atoms with Crippen LogP contribution in [0.3, 0.4) is 0 Å². The molecule has 11 rings (SSSR count). The van der Waals surface area contributed by atoms with E-state index in [4.69, 9.17) is 0 Å². The summed E-state index contributed by atoms with van der Waals surface area (Å²) in [6, 6.07) is 65.3. The number of hydrogen-bond donors (Lipinski definition) is 0. The van der Waals surface area contributed by atoms with Crippen molar-refractivity contribution in [3.8, 4) is 39.1 Å². The third-order valence-corrected chi connectivity index (χ3v) is 13.6. The number of benzene rings is 8. The first-order valence-electron chi connectivity index (χ1n) is 21.5. The van der Waals surface area contributed by atoms with E-state index >= 15 is 0 Å². The Hall–Kier alpha value is -6.64. The van der Waals surface area contributed by atoms with Crippen LogP contribution in [0.1, 0.15) is 76.3 Å². The Morgan fingerprint density at radius 2 is 0.933 bits per heavy atom. The minimum absolute atomic E-state index is 0.131. The number of anilines is 3. The summed E-state index contributed by atoms with van der Waals surface area (Å²) in [4.78, 5) is 2.63. The summed E-state index contributed by atoms with van der Waals surface area (Å²) in [6.45, 7) is 17.1. The molecule has 8 aromatic carbocycles. The van der Waals surface area contributed by atoms with E-state index in [2.05, 4.69) is 234 Å². The van der Waals surface area contributed by atoms with Crippen LogP contribution in [-0.4, -0.2) is 4.57 Å². The highest BCUT2D eigenvalue weighted by Crippen LogP contribution is 2.65. The lowest BCUT2D eigenvalue weighted by Gasteiger charge is -2.39. The second-order valence-electron chi connectivity index (χ2n) is 19.0. The molecule has 1 heterocycles. The molecule has 0 N–H and O–H groups in total. The first-order chi connectivity index (χ1) is 29.0. The van der Waals surface area contributed by atoms with Gasteiger partial charge in [-0.05, 0) is 115 Å². The molecule has 2 aliphatic carbocycles. The van der Waals surface area contributed by atoms with Crippen molar-refractivity contribution in [3.63, 3.8) is 0 Å². The normalized spacial score (nSPS) is 14.5. The number of para-hydroxylation sites is 2. The topological polar surface area (TPSA) is 8.17 Å². The molecule has 0 radical (unpaired) electrons. The lowest BCUT2D eigenvalue weighted by molar-refractivity contribution is 0.587. The van der Waals surface area contributed by atoms with Crippen LogP contribution in [0, 0.1) is 0 Å². The van der Waals surface area contributed by atoms with E-state index in [-0.39, 0.29) is 16.2 Å². The van der Waals surface area contributed by atoms with Gasteiger partial charge < -0.3 is 9.47 Å². The van der Waals surface area contributed by atoms with Crippen LogP contribution in [0.4, 0.5) is 17.1 Å². The zero-order valence-electron chi connectivity index (χ0n) is 35.6. The van der Waals surface area contributed by atoms with Crippen molar-refractivity contribution in [1.82, 2.24) is 4.57 Å². The second kappa shape index (κ2) is 12.9. The fraction of sp³-hybridized carbons (Fsp3) is 0.172. The Morgan fingerprint density at radius 1 is 0.450 bits per heavy atom. The maximum atomic E-state index is 2.63. The molecule has 0 saturated carbocycles. The molecule has 0 bridgehead atoms. The zero-order chi connectivity index (χ0) is 41.1. The van der Waals surface area contributed by atoms with Gasteiger partial charge in [-0.3, -0.25) is 0 Å². The van der Waals surface area contributed by atoms with Crippen LogP contribution in [-0.2, 0) is 16.2 Å². The van der Waals surface area contributed by atoms with Gasteiger partial charge in [0.05, 0.1) is 16.7 Å². The predicted octanol–water partition coefficient (Wildman–Crippen LogP) is 15.8. The van der Waals surface area contributed by atoms with Crippen LogP contribution in [0.5, 0.6) is 0 Å². The highest BCUT2D eigenvalue weighted by atomic mass is 15.2. The molecule has 2 aliphatic rings. The summed E-state index contributed by atoms with van der Waals surface area (Å²) in [5.74, 6) is 0. The number of hydrogen-bond acceptors (Lipinski definition) is 1. The molecule has 0 aliphatic heterocycles. The molecule has 292 valence electrons. The third-order valence-electron chi connectivity index (χ3n) is 13.6. The highest BCUT2D eigenvalue weighted by molar-refractivity contribution is 6.11. The third kappa shape index (κ3) is 5.13. The van der Waals surface area contributed by atoms with Crippen molar-refractivity contribution in [1.29, 1.82) is 0 Å². The zero-order valence-corrected chi connectivity index (χ0v) is 35.6. The maximum absolute atomic E-state index is 2.63. The van der Waals surface area contributed by atoms with Crippen molar-refractivity contribution >= 4 is 38.9 Å². The minimum Gasteiger partial charge on any atom is -0.310 e. The first-order valence-corrected chi connectivity index (χ1v) is 21.5. The Bertz CT molecular complexity index is 3070. The quantitative estimate of drug-likeness (QED) is 0.169. The minimum atomic E-state index is -0.281. The van der Waals surface area contributed by atoms with Crippen molar-refractivity contribution in [2.24, 2.45) is 0 Å². The van der Waals surface area contributed by atoms with Gasteiger partial charge in [0.25, 0.3) is 0 Å². The smallest absolute Gasteiger partial charge is 0.0556 e. The predicted molar refractivity (Wildman–Crippen MR) is 255 cm³/mol. The number of rotatable bonds is 5. The monoisotopic (exact) mass is 774 g/mol. The van der Waals surface area contributed by atoms with E-state index in [9.17, 15) is 0 Å². The maximum Gasteiger partial charge on any atom is 0.0556 e. The molecule has 0 spiro atoms. The summed E-state index contributed by atoms with van der Waals surface area (Å²) in [5.41, 5.74) is 21.5. The first kappa shape index (κ1) is 36.4. The van der Waals surface area contributed by atoms with Gasteiger partial charge in [0.2, 0.25) is 0 Å². The highest BCUT2D eigenvalue weighted by Gasteiger charge is 2.50. The molecule has 0 unspecified atom stereocenters. The molecule has 0 atom stereocenters. The second-order valence-corrected chi connectivity index (χ2v) is 19.0. The van der Waals surface area contributed by atoms with Gasteiger partial charge in [-0.1, -0.05) is 176 Å². The Balaban J connectivity index is 1.29. The molecule has 0 saturated heterocycles. The molecule has 1 aromatic heterocycles. The van der Waals surface area contributed by atoms with Crippen molar-refractivity contribution in [3.05, 3.63) is 204 Å². The van der Waals surface area contributed by atoms with E-state index < -0.39 is 0 Å². The lowest BCUT2D eigenvalue weighted by Crippen LogP contribution is -2.27. The van der Waals surface area contributed by atoms with Crippen LogP contribution in [0.25, 0.3) is 60.9 Å². The molecule has 0 fully saturated rings. The Morgan fingerprint density at radius 3 is 1.53 bits per heavy atom. The summed E-state index contributed by atoms with van der Waals surface area (Å²) >= 11 is 0. The number of nitrogens with zero attached hydrogens (tertiary/aromatic N) is 2. The van der Waals surface area contributed by atoms with E-state index in [0.717, 1.165) is 17.1 Å². The van der Waals surface area contributed by atoms with E-state index in [1.807, 2.05) is 0 Å². The van der Waals surface area contributed by atoms with Crippen molar-refractivity contribution in [2.45, 2.75) is 64.7 Å². The Labute approximate surface area is 354 Å². The fourth-order valence-electron chi connectivity index (χ4n) is 11.0. The van der Waals surface area contributed by atoms with Gasteiger partial charge >= 0.3 is 0 Å². The largest absolute Gasteiger partial charge is 0.310 e. The summed E-state index contributed by atoms with van der Waals surface area (Å²) < 4.78 is 2.42. The average Bonchev–Trinajstić information content (AvgIpc) is 3.81. The Kier molecular flexibility index (Phi) is 7.85. The SMILES string of the molecule is CC(C)(C)c1c2c(c(N(c3ccc(-c4ccccc4)cc3)c3ccc4c(c3)c3ccccc3n4-c3ccccc3)c3c1-c1ccccc1C3(C)C)C(C)(C)c1ccccc1-2. The van der Waals surface area contributed by atoms with Crippen LogP contribution in [0.2, 0.25) is 0 Å². The number of aromatic nitrogens is 1. The molecular formula is C58H50N2.